The summed E-state index contributed by atoms with van der Waals surface area (Å²) in [5, 5.41) is 17.0. The fourth-order valence-corrected chi connectivity index (χ4v) is 2.11. The summed E-state index contributed by atoms with van der Waals surface area (Å²) < 4.78 is 5.65. The molecule has 0 spiro atoms. The number of ether oxygens (including phenoxy) is 1. The van der Waals surface area contributed by atoms with Crippen LogP contribution in [0.3, 0.4) is 0 Å². The van der Waals surface area contributed by atoms with Gasteiger partial charge in [-0.1, -0.05) is 29.8 Å². The first kappa shape index (κ1) is 18.3. The Kier molecular flexibility index (Phi) is 6.76. The summed E-state index contributed by atoms with van der Waals surface area (Å²) in [6.45, 7) is 3.68. The number of aryl methyl sites for hydroxylation is 1. The van der Waals surface area contributed by atoms with E-state index in [1.165, 1.54) is 17.7 Å². The highest BCUT2D eigenvalue weighted by Crippen LogP contribution is 2.12. The molecular formula is C18H22N4O3. The second-order valence-corrected chi connectivity index (χ2v) is 5.44. The Hall–Kier alpha value is -3.09. The molecule has 0 fully saturated rings. The number of aliphatic imine (C=N–C) groups is 1. The van der Waals surface area contributed by atoms with Gasteiger partial charge in [-0.2, -0.15) is 0 Å². The first-order valence-corrected chi connectivity index (χ1v) is 7.96. The summed E-state index contributed by atoms with van der Waals surface area (Å²) >= 11 is 0. The van der Waals surface area contributed by atoms with E-state index in [0.717, 1.165) is 11.3 Å². The van der Waals surface area contributed by atoms with Gasteiger partial charge >= 0.3 is 0 Å². The summed E-state index contributed by atoms with van der Waals surface area (Å²) in [6.07, 6.45) is 0. The van der Waals surface area contributed by atoms with Crippen LogP contribution in [-0.2, 0) is 6.54 Å². The normalized spacial score (nSPS) is 11.0. The molecule has 0 amide bonds. The van der Waals surface area contributed by atoms with Gasteiger partial charge in [-0.3, -0.25) is 15.1 Å². The minimum absolute atomic E-state index is 0.0829. The molecule has 0 bridgehead atoms. The summed E-state index contributed by atoms with van der Waals surface area (Å²) in [4.78, 5) is 14.4. The van der Waals surface area contributed by atoms with Crippen LogP contribution in [0.1, 0.15) is 11.1 Å². The van der Waals surface area contributed by atoms with Gasteiger partial charge in [-0.25, -0.2) is 0 Å². The van der Waals surface area contributed by atoms with Crippen LogP contribution in [-0.4, -0.2) is 31.1 Å². The highest BCUT2D eigenvalue weighted by molar-refractivity contribution is 5.79. The zero-order valence-electron chi connectivity index (χ0n) is 14.4. The fraction of sp³-hybridized carbons (Fsp3) is 0.278. The first-order valence-electron chi connectivity index (χ1n) is 7.96. The van der Waals surface area contributed by atoms with Crippen LogP contribution < -0.4 is 15.4 Å². The number of hydrogen-bond acceptors (Lipinski definition) is 4. The third-order valence-corrected chi connectivity index (χ3v) is 3.51. The van der Waals surface area contributed by atoms with Crippen LogP contribution >= 0.6 is 0 Å². The number of nitrogens with zero attached hydrogens (tertiary/aromatic N) is 2. The maximum absolute atomic E-state index is 10.6. The topological polar surface area (TPSA) is 88.8 Å². The van der Waals surface area contributed by atoms with Crippen LogP contribution in [0.25, 0.3) is 0 Å². The van der Waals surface area contributed by atoms with Gasteiger partial charge in [0.15, 0.2) is 5.96 Å². The van der Waals surface area contributed by atoms with Crippen LogP contribution in [0, 0.1) is 17.0 Å². The summed E-state index contributed by atoms with van der Waals surface area (Å²) in [7, 11) is 1.69. The van der Waals surface area contributed by atoms with Gasteiger partial charge in [0.2, 0.25) is 0 Å². The third kappa shape index (κ3) is 6.14. The Balaban J connectivity index is 1.71. The highest BCUT2D eigenvalue weighted by Gasteiger charge is 2.04. The van der Waals surface area contributed by atoms with E-state index in [1.54, 1.807) is 19.2 Å². The molecule has 2 N–H and O–H groups in total. The van der Waals surface area contributed by atoms with Crippen LogP contribution in [0.5, 0.6) is 5.75 Å². The summed E-state index contributed by atoms with van der Waals surface area (Å²) in [6, 6.07) is 14.3. The van der Waals surface area contributed by atoms with Crippen molar-refractivity contribution in [3.05, 3.63) is 69.8 Å². The second kappa shape index (κ2) is 9.27. The fourth-order valence-electron chi connectivity index (χ4n) is 2.11. The van der Waals surface area contributed by atoms with Crippen molar-refractivity contribution in [2.45, 2.75) is 13.5 Å². The molecule has 0 aromatic heterocycles. The highest BCUT2D eigenvalue weighted by atomic mass is 16.6. The lowest BCUT2D eigenvalue weighted by Crippen LogP contribution is -2.38. The molecule has 0 aliphatic carbocycles. The van der Waals surface area contributed by atoms with E-state index in [0.29, 0.717) is 25.7 Å². The molecule has 0 unspecified atom stereocenters. The predicted octanol–water partition coefficient (Wildman–Crippen LogP) is 2.65. The van der Waals surface area contributed by atoms with Crippen molar-refractivity contribution in [2.75, 3.05) is 20.2 Å². The van der Waals surface area contributed by atoms with E-state index in [1.807, 2.05) is 31.2 Å². The van der Waals surface area contributed by atoms with Gasteiger partial charge in [0, 0.05) is 25.7 Å². The molecule has 2 aromatic carbocycles. The van der Waals surface area contributed by atoms with E-state index in [-0.39, 0.29) is 5.69 Å². The van der Waals surface area contributed by atoms with E-state index >= 15 is 0 Å². The standard InChI is InChI=1S/C18H22N4O3/c1-14-3-9-17(10-4-14)25-12-11-20-18(19-2)21-13-15-5-7-16(8-6-15)22(23)24/h3-10H,11-13H2,1-2H3,(H2,19,20,21). The van der Waals surface area contributed by atoms with Gasteiger partial charge in [-0.05, 0) is 24.6 Å². The molecule has 0 atom stereocenters. The molecule has 0 aliphatic rings. The van der Waals surface area contributed by atoms with Crippen molar-refractivity contribution >= 4 is 11.6 Å². The Morgan fingerprint density at radius 1 is 1.12 bits per heavy atom. The average molecular weight is 342 g/mol. The predicted molar refractivity (Wildman–Crippen MR) is 98.0 cm³/mol. The SMILES string of the molecule is CN=C(NCCOc1ccc(C)cc1)NCc1ccc([N+](=O)[O-])cc1. The number of nitro groups is 1. The van der Waals surface area contributed by atoms with Gasteiger partial charge in [0.1, 0.15) is 12.4 Å². The molecule has 0 radical (unpaired) electrons. The Morgan fingerprint density at radius 2 is 1.80 bits per heavy atom. The number of nitro benzene ring substituents is 1. The molecule has 132 valence electrons. The maximum Gasteiger partial charge on any atom is 0.269 e. The van der Waals surface area contributed by atoms with E-state index in [4.69, 9.17) is 4.74 Å². The minimum Gasteiger partial charge on any atom is -0.492 e. The van der Waals surface area contributed by atoms with Crippen LogP contribution in [0.2, 0.25) is 0 Å². The molecule has 0 saturated heterocycles. The van der Waals surface area contributed by atoms with Gasteiger partial charge < -0.3 is 15.4 Å². The number of non-ortho nitro benzene ring substituents is 1. The minimum atomic E-state index is -0.411. The number of hydrogen-bond donors (Lipinski definition) is 2. The van der Waals surface area contributed by atoms with Crippen molar-refractivity contribution in [1.29, 1.82) is 0 Å². The van der Waals surface area contributed by atoms with Crippen LogP contribution in [0.4, 0.5) is 5.69 Å². The number of nitrogens with one attached hydrogen (secondary N) is 2. The zero-order valence-corrected chi connectivity index (χ0v) is 14.4. The first-order chi connectivity index (χ1) is 12.1. The Bertz CT molecular complexity index is 712. The average Bonchev–Trinajstić information content (AvgIpc) is 2.63. The monoisotopic (exact) mass is 342 g/mol. The lowest BCUT2D eigenvalue weighted by Gasteiger charge is -2.12. The van der Waals surface area contributed by atoms with E-state index in [2.05, 4.69) is 15.6 Å². The van der Waals surface area contributed by atoms with Crippen molar-refractivity contribution in [3.63, 3.8) is 0 Å². The van der Waals surface area contributed by atoms with Gasteiger partial charge in [0.25, 0.3) is 5.69 Å². The van der Waals surface area contributed by atoms with Crippen molar-refractivity contribution in [2.24, 2.45) is 4.99 Å². The molecule has 0 aliphatic heterocycles. The second-order valence-electron chi connectivity index (χ2n) is 5.44. The largest absolute Gasteiger partial charge is 0.492 e. The number of benzene rings is 2. The maximum atomic E-state index is 10.6. The molecule has 2 aromatic rings. The summed E-state index contributed by atoms with van der Waals surface area (Å²) in [5.41, 5.74) is 2.21. The summed E-state index contributed by atoms with van der Waals surface area (Å²) in [5.74, 6) is 1.48. The number of rotatable bonds is 7. The lowest BCUT2D eigenvalue weighted by atomic mass is 10.2. The molecule has 0 saturated carbocycles. The molecule has 25 heavy (non-hydrogen) atoms. The smallest absolute Gasteiger partial charge is 0.269 e. The molecule has 7 heteroatoms. The van der Waals surface area contributed by atoms with Gasteiger partial charge in [0.05, 0.1) is 11.5 Å². The molecule has 0 heterocycles. The quantitative estimate of drug-likeness (QED) is 0.265. The van der Waals surface area contributed by atoms with Gasteiger partial charge in [-0.15, -0.1) is 0 Å². The Morgan fingerprint density at radius 3 is 2.40 bits per heavy atom. The van der Waals surface area contributed by atoms with Crippen molar-refractivity contribution in [1.82, 2.24) is 10.6 Å². The molecule has 7 nitrogen and oxygen atoms in total. The third-order valence-electron chi connectivity index (χ3n) is 3.51. The Labute approximate surface area is 146 Å². The zero-order chi connectivity index (χ0) is 18.1. The van der Waals surface area contributed by atoms with Crippen molar-refractivity contribution in [3.8, 4) is 5.75 Å². The van der Waals surface area contributed by atoms with E-state index in [9.17, 15) is 10.1 Å². The van der Waals surface area contributed by atoms with Crippen LogP contribution in [0.15, 0.2) is 53.5 Å². The molecular weight excluding hydrogens is 320 g/mol. The van der Waals surface area contributed by atoms with Crippen molar-refractivity contribution < 1.29 is 9.66 Å². The number of guanidine groups is 1. The van der Waals surface area contributed by atoms with E-state index < -0.39 is 4.92 Å². The molecule has 2 rings (SSSR count). The lowest BCUT2D eigenvalue weighted by molar-refractivity contribution is -0.384.